The average molecular weight is 312 g/mol. The lowest BCUT2D eigenvalue weighted by Crippen LogP contribution is -2.27. The van der Waals surface area contributed by atoms with Gasteiger partial charge in [-0.15, -0.1) is 0 Å². The summed E-state index contributed by atoms with van der Waals surface area (Å²) in [5.41, 5.74) is 1.90. The Balaban J connectivity index is 1.86. The molecule has 0 aliphatic rings. The van der Waals surface area contributed by atoms with E-state index < -0.39 is 0 Å². The Labute approximate surface area is 137 Å². The molecule has 1 aromatic carbocycles. The Bertz CT molecular complexity index is 633. The number of ether oxygens (including phenoxy) is 1. The lowest BCUT2D eigenvalue weighted by Gasteiger charge is -2.17. The maximum atomic E-state index is 11.9. The van der Waals surface area contributed by atoms with Gasteiger partial charge in [-0.2, -0.15) is 0 Å². The molecule has 2 rings (SSSR count). The second-order valence-corrected chi connectivity index (χ2v) is 6.77. The highest BCUT2D eigenvalue weighted by molar-refractivity contribution is 5.76. The van der Waals surface area contributed by atoms with Gasteiger partial charge in [0.15, 0.2) is 0 Å². The van der Waals surface area contributed by atoms with Gasteiger partial charge in [0.25, 0.3) is 0 Å². The number of rotatable bonds is 6. The van der Waals surface area contributed by atoms with E-state index >= 15 is 0 Å². The predicted octanol–water partition coefficient (Wildman–Crippen LogP) is 3.71. The first kappa shape index (κ1) is 17.0. The van der Waals surface area contributed by atoms with Crippen LogP contribution in [0.2, 0.25) is 0 Å². The molecule has 23 heavy (non-hydrogen) atoms. The van der Waals surface area contributed by atoms with Crippen molar-refractivity contribution in [2.24, 2.45) is 5.41 Å². The Morgan fingerprint density at radius 3 is 2.70 bits per heavy atom. The molecule has 0 unspecified atom stereocenters. The largest absolute Gasteiger partial charge is 0.487 e. The fourth-order valence-electron chi connectivity index (χ4n) is 2.13. The molecule has 0 saturated carbocycles. The summed E-state index contributed by atoms with van der Waals surface area (Å²) in [5.74, 6) is 0.843. The highest BCUT2D eigenvalue weighted by atomic mass is 16.5. The molecule has 122 valence electrons. The van der Waals surface area contributed by atoms with Crippen LogP contribution >= 0.6 is 0 Å². The van der Waals surface area contributed by atoms with Crippen molar-refractivity contribution in [2.45, 2.75) is 40.3 Å². The maximum Gasteiger partial charge on any atom is 0.220 e. The van der Waals surface area contributed by atoms with Crippen LogP contribution in [0.5, 0.6) is 5.75 Å². The molecular weight excluding hydrogens is 288 g/mol. The van der Waals surface area contributed by atoms with E-state index in [0.717, 1.165) is 17.0 Å². The zero-order valence-corrected chi connectivity index (χ0v) is 14.0. The second kappa shape index (κ2) is 7.77. The minimum atomic E-state index is -0.00226. The molecule has 0 atom stereocenters. The van der Waals surface area contributed by atoms with Gasteiger partial charge < -0.3 is 10.1 Å². The van der Waals surface area contributed by atoms with E-state index in [-0.39, 0.29) is 11.3 Å². The van der Waals surface area contributed by atoms with Crippen molar-refractivity contribution >= 4 is 5.91 Å². The van der Waals surface area contributed by atoms with E-state index in [0.29, 0.717) is 19.6 Å². The van der Waals surface area contributed by atoms with Crippen molar-refractivity contribution in [1.82, 2.24) is 10.3 Å². The van der Waals surface area contributed by atoms with E-state index in [1.807, 2.05) is 42.5 Å². The van der Waals surface area contributed by atoms with E-state index in [9.17, 15) is 4.79 Å². The van der Waals surface area contributed by atoms with Crippen LogP contribution < -0.4 is 10.1 Å². The van der Waals surface area contributed by atoms with Gasteiger partial charge in [0.1, 0.15) is 12.4 Å². The number of carbonyl (C=O) groups excluding carboxylic acids is 1. The topological polar surface area (TPSA) is 51.2 Å². The monoisotopic (exact) mass is 312 g/mol. The van der Waals surface area contributed by atoms with Crippen molar-refractivity contribution in [1.29, 1.82) is 0 Å². The number of aromatic nitrogens is 1. The molecule has 1 N–H and O–H groups in total. The Hall–Kier alpha value is -2.36. The molecule has 0 aliphatic heterocycles. The van der Waals surface area contributed by atoms with Crippen LogP contribution in [0.25, 0.3) is 0 Å². The smallest absolute Gasteiger partial charge is 0.220 e. The molecule has 1 amide bonds. The summed E-state index contributed by atoms with van der Waals surface area (Å²) in [5, 5.41) is 2.95. The van der Waals surface area contributed by atoms with Crippen molar-refractivity contribution in [2.75, 3.05) is 0 Å². The summed E-state index contributed by atoms with van der Waals surface area (Å²) in [6.07, 6.45) is 2.27. The molecule has 0 spiro atoms. The lowest BCUT2D eigenvalue weighted by molar-refractivity contribution is -0.122. The third-order valence-corrected chi connectivity index (χ3v) is 3.19. The molecule has 0 radical (unpaired) electrons. The van der Waals surface area contributed by atoms with Gasteiger partial charge in [-0.05, 0) is 35.2 Å². The van der Waals surface area contributed by atoms with Gasteiger partial charge in [-0.3, -0.25) is 9.78 Å². The fourth-order valence-corrected chi connectivity index (χ4v) is 2.13. The first-order valence-corrected chi connectivity index (χ1v) is 7.81. The molecule has 0 aliphatic carbocycles. The van der Waals surface area contributed by atoms with Crippen molar-refractivity contribution in [3.63, 3.8) is 0 Å². The summed E-state index contributed by atoms with van der Waals surface area (Å²) in [6.45, 7) is 7.10. The van der Waals surface area contributed by atoms with Gasteiger partial charge >= 0.3 is 0 Å². The average Bonchev–Trinajstić information content (AvgIpc) is 2.51. The number of hydrogen-bond donors (Lipinski definition) is 1. The van der Waals surface area contributed by atoms with Crippen LogP contribution in [0.3, 0.4) is 0 Å². The second-order valence-electron chi connectivity index (χ2n) is 6.77. The minimum absolute atomic E-state index is 0.00226. The standard InChI is InChI=1S/C19H24N2O2/c1-19(2,3)12-18(22)21-13-15-7-6-9-17(11-15)23-14-16-8-4-5-10-20-16/h4-11H,12-14H2,1-3H3,(H,21,22). The van der Waals surface area contributed by atoms with Crippen LogP contribution in [-0.4, -0.2) is 10.9 Å². The molecule has 0 fully saturated rings. The van der Waals surface area contributed by atoms with Crippen LogP contribution in [0, 0.1) is 5.41 Å². The highest BCUT2D eigenvalue weighted by Crippen LogP contribution is 2.18. The highest BCUT2D eigenvalue weighted by Gasteiger charge is 2.15. The third-order valence-electron chi connectivity index (χ3n) is 3.19. The van der Waals surface area contributed by atoms with Crippen LogP contribution in [0.4, 0.5) is 0 Å². The first-order chi connectivity index (χ1) is 10.9. The van der Waals surface area contributed by atoms with E-state index in [1.165, 1.54) is 0 Å². The Morgan fingerprint density at radius 2 is 2.00 bits per heavy atom. The normalized spacial score (nSPS) is 11.1. The number of pyridine rings is 1. The third kappa shape index (κ3) is 6.51. The van der Waals surface area contributed by atoms with Gasteiger partial charge in [0.05, 0.1) is 5.69 Å². The van der Waals surface area contributed by atoms with Gasteiger partial charge in [-0.25, -0.2) is 0 Å². The Morgan fingerprint density at radius 1 is 1.17 bits per heavy atom. The number of nitrogens with one attached hydrogen (secondary N) is 1. The zero-order valence-electron chi connectivity index (χ0n) is 14.0. The van der Waals surface area contributed by atoms with Crippen LogP contribution in [0.15, 0.2) is 48.7 Å². The van der Waals surface area contributed by atoms with Crippen molar-refractivity contribution < 1.29 is 9.53 Å². The molecular formula is C19H24N2O2. The first-order valence-electron chi connectivity index (χ1n) is 7.81. The molecule has 0 bridgehead atoms. The minimum Gasteiger partial charge on any atom is -0.487 e. The quantitative estimate of drug-likeness (QED) is 0.884. The number of benzene rings is 1. The number of amides is 1. The summed E-state index contributed by atoms with van der Waals surface area (Å²) in [7, 11) is 0. The SMILES string of the molecule is CC(C)(C)CC(=O)NCc1cccc(OCc2ccccn2)c1. The number of carbonyl (C=O) groups is 1. The number of hydrogen-bond acceptors (Lipinski definition) is 3. The van der Waals surface area contributed by atoms with E-state index in [2.05, 4.69) is 31.1 Å². The fraction of sp³-hybridized carbons (Fsp3) is 0.368. The molecule has 0 saturated heterocycles. The Kier molecular flexibility index (Phi) is 5.74. The molecule has 1 aromatic heterocycles. The summed E-state index contributed by atoms with van der Waals surface area (Å²) < 4.78 is 5.74. The summed E-state index contributed by atoms with van der Waals surface area (Å²) >= 11 is 0. The lowest BCUT2D eigenvalue weighted by atomic mass is 9.92. The predicted molar refractivity (Wildman–Crippen MR) is 90.9 cm³/mol. The summed E-state index contributed by atoms with van der Waals surface area (Å²) in [6, 6.07) is 13.5. The number of nitrogens with zero attached hydrogens (tertiary/aromatic N) is 1. The van der Waals surface area contributed by atoms with Gasteiger partial charge in [-0.1, -0.05) is 39.0 Å². The maximum absolute atomic E-state index is 11.9. The van der Waals surface area contributed by atoms with E-state index in [4.69, 9.17) is 4.74 Å². The van der Waals surface area contributed by atoms with Crippen LogP contribution in [0.1, 0.15) is 38.4 Å². The molecule has 2 aromatic rings. The van der Waals surface area contributed by atoms with E-state index in [1.54, 1.807) is 6.20 Å². The van der Waals surface area contributed by atoms with Gasteiger partial charge in [0.2, 0.25) is 5.91 Å². The molecule has 4 heteroatoms. The van der Waals surface area contributed by atoms with Crippen molar-refractivity contribution in [3.05, 3.63) is 59.9 Å². The van der Waals surface area contributed by atoms with Gasteiger partial charge in [0, 0.05) is 19.2 Å². The van der Waals surface area contributed by atoms with Crippen LogP contribution in [-0.2, 0) is 17.9 Å². The summed E-state index contributed by atoms with van der Waals surface area (Å²) in [4.78, 5) is 16.1. The molecule has 1 heterocycles. The zero-order chi connectivity index (χ0) is 16.7. The van der Waals surface area contributed by atoms with Crippen molar-refractivity contribution in [3.8, 4) is 5.75 Å². The molecule has 4 nitrogen and oxygen atoms in total.